The number of morpholine rings is 1. The highest BCUT2D eigenvalue weighted by Gasteiger charge is 2.32. The number of carbonyl (C=O) groups excluding carboxylic acids is 1. The number of amides is 1. The summed E-state index contributed by atoms with van der Waals surface area (Å²) in [5.74, 6) is 1.28. The summed E-state index contributed by atoms with van der Waals surface area (Å²) in [6.07, 6.45) is 0. The van der Waals surface area contributed by atoms with Crippen molar-refractivity contribution in [3.05, 3.63) is 60.2 Å². The van der Waals surface area contributed by atoms with Gasteiger partial charge in [0.1, 0.15) is 24.9 Å². The van der Waals surface area contributed by atoms with E-state index in [1.165, 1.54) is 22.2 Å². The number of hydrogen-bond donors (Lipinski definition) is 2. The van der Waals surface area contributed by atoms with Gasteiger partial charge in [0, 0.05) is 10.5 Å². The Morgan fingerprint density at radius 1 is 1.14 bits per heavy atom. The molecule has 0 aliphatic carbocycles. The normalized spacial score (nSPS) is 16.9. The monoisotopic (exact) mass is 401 g/mol. The van der Waals surface area contributed by atoms with Crippen molar-refractivity contribution in [3.8, 4) is 5.75 Å². The van der Waals surface area contributed by atoms with E-state index >= 15 is 0 Å². The molecule has 6 heteroatoms. The molecule has 5 nitrogen and oxygen atoms in total. The SMILES string of the molecule is COc1ccc(SCC(=O)N[C@@H](C)[C@@H](c2ccccc2)[NH+]2CCOCC2)cc1. The summed E-state index contributed by atoms with van der Waals surface area (Å²) in [5, 5.41) is 3.22. The summed E-state index contributed by atoms with van der Waals surface area (Å²) < 4.78 is 10.7. The minimum absolute atomic E-state index is 0.0412. The third-order valence-electron chi connectivity index (χ3n) is 5.05. The van der Waals surface area contributed by atoms with Crippen molar-refractivity contribution in [3.63, 3.8) is 0 Å². The molecule has 0 spiro atoms. The second kappa shape index (κ2) is 10.5. The summed E-state index contributed by atoms with van der Waals surface area (Å²) in [6.45, 7) is 5.57. The highest BCUT2D eigenvalue weighted by atomic mass is 32.2. The van der Waals surface area contributed by atoms with Crippen LogP contribution in [0, 0.1) is 0 Å². The first kappa shape index (κ1) is 20.7. The van der Waals surface area contributed by atoms with Crippen molar-refractivity contribution >= 4 is 17.7 Å². The predicted molar refractivity (Wildman–Crippen MR) is 112 cm³/mol. The lowest BCUT2D eigenvalue weighted by atomic mass is 9.98. The van der Waals surface area contributed by atoms with Gasteiger partial charge in [-0.2, -0.15) is 0 Å². The Morgan fingerprint density at radius 3 is 2.46 bits per heavy atom. The van der Waals surface area contributed by atoms with E-state index in [1.807, 2.05) is 30.3 Å². The highest BCUT2D eigenvalue weighted by molar-refractivity contribution is 8.00. The number of hydrogen-bond acceptors (Lipinski definition) is 4. The quantitative estimate of drug-likeness (QED) is 0.664. The maximum Gasteiger partial charge on any atom is 0.230 e. The van der Waals surface area contributed by atoms with Crippen molar-refractivity contribution < 1.29 is 19.2 Å². The molecule has 2 atom stereocenters. The fourth-order valence-electron chi connectivity index (χ4n) is 3.68. The molecular weight excluding hydrogens is 372 g/mol. The summed E-state index contributed by atoms with van der Waals surface area (Å²) in [4.78, 5) is 15.1. The number of rotatable bonds is 8. The first-order valence-electron chi connectivity index (χ1n) is 9.71. The van der Waals surface area contributed by atoms with Crippen molar-refractivity contribution in [2.75, 3.05) is 39.2 Å². The summed E-state index contributed by atoms with van der Waals surface area (Å²) in [6, 6.07) is 18.5. The molecular formula is C22H29N2O3S+. The second-order valence-electron chi connectivity index (χ2n) is 6.98. The zero-order valence-electron chi connectivity index (χ0n) is 16.5. The average molecular weight is 402 g/mol. The maximum absolute atomic E-state index is 12.6. The van der Waals surface area contributed by atoms with Crippen molar-refractivity contribution in [2.24, 2.45) is 0 Å². The molecule has 3 rings (SSSR count). The summed E-state index contributed by atoms with van der Waals surface area (Å²) in [7, 11) is 1.65. The van der Waals surface area contributed by atoms with Crippen LogP contribution in [0.25, 0.3) is 0 Å². The van der Waals surface area contributed by atoms with Crippen LogP contribution >= 0.6 is 11.8 Å². The lowest BCUT2D eigenvalue weighted by Gasteiger charge is -2.35. The van der Waals surface area contributed by atoms with Gasteiger partial charge in [-0.15, -0.1) is 11.8 Å². The second-order valence-corrected chi connectivity index (χ2v) is 8.03. The van der Waals surface area contributed by atoms with Gasteiger partial charge in [-0.1, -0.05) is 30.3 Å². The zero-order valence-corrected chi connectivity index (χ0v) is 17.3. The number of thioether (sulfide) groups is 1. The Kier molecular flexibility index (Phi) is 7.77. The molecule has 0 unspecified atom stereocenters. The van der Waals surface area contributed by atoms with Gasteiger partial charge in [0.2, 0.25) is 5.91 Å². The number of methoxy groups -OCH3 is 1. The van der Waals surface area contributed by atoms with Gasteiger partial charge in [-0.05, 0) is 31.2 Å². The van der Waals surface area contributed by atoms with Crippen molar-refractivity contribution in [2.45, 2.75) is 23.9 Å². The van der Waals surface area contributed by atoms with Crippen LogP contribution in [0.5, 0.6) is 5.75 Å². The molecule has 1 aliphatic rings. The van der Waals surface area contributed by atoms with Gasteiger partial charge >= 0.3 is 0 Å². The van der Waals surface area contributed by atoms with E-state index < -0.39 is 0 Å². The molecule has 1 amide bonds. The molecule has 1 heterocycles. The molecule has 1 saturated heterocycles. The van der Waals surface area contributed by atoms with Crippen molar-refractivity contribution in [1.29, 1.82) is 0 Å². The molecule has 0 saturated carbocycles. The summed E-state index contributed by atoms with van der Waals surface area (Å²) in [5.41, 5.74) is 1.26. The van der Waals surface area contributed by atoms with Gasteiger partial charge < -0.3 is 19.7 Å². The van der Waals surface area contributed by atoms with Gasteiger partial charge in [-0.3, -0.25) is 4.79 Å². The first-order chi connectivity index (χ1) is 13.7. The average Bonchev–Trinajstić information content (AvgIpc) is 2.74. The molecule has 2 N–H and O–H groups in total. The van der Waals surface area contributed by atoms with E-state index in [0.717, 1.165) is 36.9 Å². The van der Waals surface area contributed by atoms with Crippen LogP contribution < -0.4 is 15.0 Å². The third-order valence-corrected chi connectivity index (χ3v) is 6.06. The Balaban J connectivity index is 1.60. The van der Waals surface area contributed by atoms with Crippen LogP contribution in [0.4, 0.5) is 0 Å². The Hall–Kier alpha value is -2.02. The van der Waals surface area contributed by atoms with E-state index in [2.05, 4.69) is 36.5 Å². The fraction of sp³-hybridized carbons (Fsp3) is 0.409. The Morgan fingerprint density at radius 2 is 1.82 bits per heavy atom. The van der Waals surface area contributed by atoms with Gasteiger partial charge in [-0.25, -0.2) is 0 Å². The van der Waals surface area contributed by atoms with Crippen molar-refractivity contribution in [1.82, 2.24) is 5.32 Å². The number of nitrogens with one attached hydrogen (secondary N) is 2. The smallest absolute Gasteiger partial charge is 0.230 e. The summed E-state index contributed by atoms with van der Waals surface area (Å²) >= 11 is 1.54. The van der Waals surface area contributed by atoms with Crippen LogP contribution in [-0.4, -0.2) is 51.1 Å². The molecule has 0 aromatic heterocycles. The molecule has 0 bridgehead atoms. The zero-order chi connectivity index (χ0) is 19.8. The number of carbonyl (C=O) groups is 1. The highest BCUT2D eigenvalue weighted by Crippen LogP contribution is 2.21. The van der Waals surface area contributed by atoms with E-state index in [4.69, 9.17) is 9.47 Å². The van der Waals surface area contributed by atoms with Crippen LogP contribution in [0.15, 0.2) is 59.5 Å². The fourth-order valence-corrected chi connectivity index (χ4v) is 4.39. The third kappa shape index (κ3) is 5.74. The minimum Gasteiger partial charge on any atom is -0.497 e. The Bertz CT molecular complexity index is 733. The lowest BCUT2D eigenvalue weighted by molar-refractivity contribution is -0.940. The van der Waals surface area contributed by atoms with Gasteiger partial charge in [0.25, 0.3) is 0 Å². The molecule has 1 fully saturated rings. The van der Waals surface area contributed by atoms with E-state index in [0.29, 0.717) is 5.75 Å². The van der Waals surface area contributed by atoms with E-state index in [1.54, 1.807) is 7.11 Å². The predicted octanol–water partition coefficient (Wildman–Crippen LogP) is 1.95. The van der Waals surface area contributed by atoms with E-state index in [9.17, 15) is 4.79 Å². The standard InChI is InChI=1S/C22H28N2O3S/c1-17(23-21(25)16-28-20-10-8-19(26-2)9-11-20)22(18-6-4-3-5-7-18)24-12-14-27-15-13-24/h3-11,17,22H,12-16H2,1-2H3,(H,23,25)/p+1/t17-,22-/m0/s1. The molecule has 28 heavy (non-hydrogen) atoms. The van der Waals surface area contributed by atoms with E-state index in [-0.39, 0.29) is 18.0 Å². The minimum atomic E-state index is 0.0412. The largest absolute Gasteiger partial charge is 0.497 e. The van der Waals surface area contributed by atoms with Gasteiger partial charge in [0.15, 0.2) is 0 Å². The van der Waals surface area contributed by atoms with Crippen LogP contribution in [0.1, 0.15) is 18.5 Å². The van der Waals surface area contributed by atoms with Crippen LogP contribution in [-0.2, 0) is 9.53 Å². The topological polar surface area (TPSA) is 52.0 Å². The lowest BCUT2D eigenvalue weighted by Crippen LogP contribution is -3.15. The number of benzene rings is 2. The molecule has 2 aromatic carbocycles. The first-order valence-corrected chi connectivity index (χ1v) is 10.7. The molecule has 0 radical (unpaired) electrons. The van der Waals surface area contributed by atoms with Crippen LogP contribution in [0.2, 0.25) is 0 Å². The Labute approximate surface area is 171 Å². The van der Waals surface area contributed by atoms with Crippen LogP contribution in [0.3, 0.4) is 0 Å². The molecule has 150 valence electrons. The maximum atomic E-state index is 12.6. The number of quaternary nitrogens is 1. The van der Waals surface area contributed by atoms with Gasteiger partial charge in [0.05, 0.1) is 32.1 Å². The molecule has 1 aliphatic heterocycles. The number of ether oxygens (including phenoxy) is 2. The molecule has 2 aromatic rings.